The lowest BCUT2D eigenvalue weighted by Gasteiger charge is -2.28. The number of nitrogens with two attached hydrogens (primary N) is 1. The Hall–Kier alpha value is -1.95. The first-order chi connectivity index (χ1) is 12.5. The van der Waals surface area contributed by atoms with Crippen LogP contribution >= 0.6 is 11.6 Å². The van der Waals surface area contributed by atoms with Gasteiger partial charge in [0.15, 0.2) is 0 Å². The lowest BCUT2D eigenvalue weighted by atomic mass is 9.99. The molecule has 6 heteroatoms. The predicted octanol–water partition coefficient (Wildman–Crippen LogP) is 3.50. The van der Waals surface area contributed by atoms with Crippen LogP contribution in [-0.2, 0) is 6.54 Å². The molecule has 2 unspecified atom stereocenters. The van der Waals surface area contributed by atoms with E-state index in [4.69, 9.17) is 17.3 Å². The number of halogens is 2. The molecule has 1 heterocycles. The topological polar surface area (TPSA) is 58.4 Å². The minimum Gasteiger partial charge on any atom is -0.347 e. The lowest BCUT2D eigenvalue weighted by Crippen LogP contribution is -2.39. The van der Waals surface area contributed by atoms with Crippen molar-refractivity contribution in [2.75, 3.05) is 13.1 Å². The Labute approximate surface area is 158 Å². The van der Waals surface area contributed by atoms with Gasteiger partial charge in [0.25, 0.3) is 5.91 Å². The molecule has 0 aromatic heterocycles. The standard InChI is InChI=1S/C20H23ClFN3O/c1-2-25-10-9-18(19(25)15-7-8-16(21)17(22)11-15)24-20(26)14-5-3-13(12-23)4-6-14/h3-8,11,18-19H,2,9-10,12,23H2,1H3,(H,24,26). The summed E-state index contributed by atoms with van der Waals surface area (Å²) in [4.78, 5) is 14.9. The third-order valence-electron chi connectivity index (χ3n) is 4.96. The molecule has 2 aromatic rings. The molecule has 26 heavy (non-hydrogen) atoms. The Morgan fingerprint density at radius 2 is 2.04 bits per heavy atom. The summed E-state index contributed by atoms with van der Waals surface area (Å²) in [6.45, 7) is 4.18. The molecular formula is C20H23ClFN3O. The van der Waals surface area contributed by atoms with Crippen molar-refractivity contribution in [3.63, 3.8) is 0 Å². The highest BCUT2D eigenvalue weighted by Crippen LogP contribution is 2.33. The van der Waals surface area contributed by atoms with Crippen molar-refractivity contribution >= 4 is 17.5 Å². The van der Waals surface area contributed by atoms with E-state index in [9.17, 15) is 9.18 Å². The third-order valence-corrected chi connectivity index (χ3v) is 5.27. The third kappa shape index (κ3) is 3.90. The number of benzene rings is 2. The molecule has 2 atom stereocenters. The van der Waals surface area contributed by atoms with E-state index in [1.165, 1.54) is 6.07 Å². The molecular weight excluding hydrogens is 353 g/mol. The van der Waals surface area contributed by atoms with E-state index in [-0.39, 0.29) is 23.0 Å². The van der Waals surface area contributed by atoms with Crippen LogP contribution in [0.25, 0.3) is 0 Å². The van der Waals surface area contributed by atoms with Crippen molar-refractivity contribution in [1.82, 2.24) is 10.2 Å². The van der Waals surface area contributed by atoms with Gasteiger partial charge in [-0.2, -0.15) is 0 Å². The van der Waals surface area contributed by atoms with E-state index in [2.05, 4.69) is 17.1 Å². The number of likely N-dealkylation sites (tertiary alicyclic amines) is 1. The molecule has 0 radical (unpaired) electrons. The second-order valence-electron chi connectivity index (χ2n) is 6.52. The van der Waals surface area contributed by atoms with Crippen molar-refractivity contribution in [2.24, 2.45) is 5.73 Å². The second kappa shape index (κ2) is 8.16. The molecule has 3 N–H and O–H groups in total. The van der Waals surface area contributed by atoms with Crippen LogP contribution in [0.3, 0.4) is 0 Å². The minimum absolute atomic E-state index is 0.0703. The molecule has 3 rings (SSSR count). The van der Waals surface area contributed by atoms with E-state index in [1.54, 1.807) is 18.2 Å². The maximum absolute atomic E-state index is 13.9. The van der Waals surface area contributed by atoms with Crippen molar-refractivity contribution in [2.45, 2.75) is 32.0 Å². The SMILES string of the molecule is CCN1CCC(NC(=O)c2ccc(CN)cc2)C1c1ccc(Cl)c(F)c1. The van der Waals surface area contributed by atoms with Crippen LogP contribution in [0, 0.1) is 5.82 Å². The van der Waals surface area contributed by atoms with Crippen LogP contribution < -0.4 is 11.1 Å². The molecule has 0 saturated carbocycles. The van der Waals surface area contributed by atoms with Gasteiger partial charge in [-0.05, 0) is 48.4 Å². The number of carbonyl (C=O) groups excluding carboxylic acids is 1. The minimum atomic E-state index is -0.436. The predicted molar refractivity (Wildman–Crippen MR) is 102 cm³/mol. The molecule has 4 nitrogen and oxygen atoms in total. The summed E-state index contributed by atoms with van der Waals surface area (Å²) in [5, 5.41) is 3.22. The maximum atomic E-state index is 13.9. The van der Waals surface area contributed by atoms with Crippen molar-refractivity contribution in [3.8, 4) is 0 Å². The van der Waals surface area contributed by atoms with Gasteiger partial charge in [-0.25, -0.2) is 4.39 Å². The van der Waals surface area contributed by atoms with Crippen molar-refractivity contribution < 1.29 is 9.18 Å². The van der Waals surface area contributed by atoms with Gasteiger partial charge in [-0.15, -0.1) is 0 Å². The van der Waals surface area contributed by atoms with Crippen LogP contribution in [0.15, 0.2) is 42.5 Å². The number of amides is 1. The number of nitrogens with zero attached hydrogens (tertiary/aromatic N) is 1. The number of carbonyl (C=O) groups is 1. The fourth-order valence-electron chi connectivity index (χ4n) is 3.55. The summed E-state index contributed by atoms with van der Waals surface area (Å²) < 4.78 is 13.9. The Morgan fingerprint density at radius 3 is 2.65 bits per heavy atom. The highest BCUT2D eigenvalue weighted by atomic mass is 35.5. The maximum Gasteiger partial charge on any atom is 0.251 e. The van der Waals surface area contributed by atoms with Gasteiger partial charge >= 0.3 is 0 Å². The number of hydrogen-bond donors (Lipinski definition) is 2. The summed E-state index contributed by atoms with van der Waals surface area (Å²) in [6, 6.07) is 12.0. The van der Waals surface area contributed by atoms with E-state index >= 15 is 0 Å². The average molecular weight is 376 g/mol. The van der Waals surface area contributed by atoms with E-state index in [0.29, 0.717) is 12.1 Å². The van der Waals surface area contributed by atoms with Gasteiger partial charge in [0, 0.05) is 18.7 Å². The van der Waals surface area contributed by atoms with E-state index in [0.717, 1.165) is 30.6 Å². The molecule has 138 valence electrons. The molecule has 0 aliphatic carbocycles. The van der Waals surface area contributed by atoms with Gasteiger partial charge in [0.2, 0.25) is 0 Å². The number of hydrogen-bond acceptors (Lipinski definition) is 3. The van der Waals surface area contributed by atoms with E-state index < -0.39 is 5.82 Å². The number of nitrogens with one attached hydrogen (secondary N) is 1. The van der Waals surface area contributed by atoms with E-state index in [1.807, 2.05) is 18.2 Å². The first kappa shape index (κ1) is 18.8. The quantitative estimate of drug-likeness (QED) is 0.840. The lowest BCUT2D eigenvalue weighted by molar-refractivity contribution is 0.0925. The van der Waals surface area contributed by atoms with Gasteiger partial charge in [0.05, 0.1) is 17.1 Å². The van der Waals surface area contributed by atoms with Crippen LogP contribution in [0.1, 0.15) is 40.9 Å². The van der Waals surface area contributed by atoms with Gasteiger partial charge in [-0.1, -0.05) is 36.7 Å². The molecule has 2 aromatic carbocycles. The molecule has 0 spiro atoms. The first-order valence-electron chi connectivity index (χ1n) is 8.82. The van der Waals surface area contributed by atoms with Crippen LogP contribution in [0.5, 0.6) is 0 Å². The fraction of sp³-hybridized carbons (Fsp3) is 0.350. The van der Waals surface area contributed by atoms with Crippen LogP contribution in [0.2, 0.25) is 5.02 Å². The van der Waals surface area contributed by atoms with Gasteiger partial charge < -0.3 is 11.1 Å². The Morgan fingerprint density at radius 1 is 1.31 bits per heavy atom. The normalized spacial score (nSPS) is 20.3. The Balaban J connectivity index is 1.80. The smallest absolute Gasteiger partial charge is 0.251 e. The monoisotopic (exact) mass is 375 g/mol. The Bertz CT molecular complexity index is 781. The molecule has 1 aliphatic rings. The summed E-state index contributed by atoms with van der Waals surface area (Å²) in [5.74, 6) is -0.564. The van der Waals surface area contributed by atoms with Crippen molar-refractivity contribution in [1.29, 1.82) is 0 Å². The first-order valence-corrected chi connectivity index (χ1v) is 9.20. The summed E-state index contributed by atoms with van der Waals surface area (Å²) >= 11 is 5.82. The highest BCUT2D eigenvalue weighted by molar-refractivity contribution is 6.30. The zero-order chi connectivity index (χ0) is 18.7. The second-order valence-corrected chi connectivity index (χ2v) is 6.92. The molecule has 1 fully saturated rings. The fourth-order valence-corrected chi connectivity index (χ4v) is 3.66. The number of likely N-dealkylation sites (N-methyl/N-ethyl adjacent to an activating group) is 1. The molecule has 1 saturated heterocycles. The largest absolute Gasteiger partial charge is 0.347 e. The van der Waals surface area contributed by atoms with Gasteiger partial charge in [0.1, 0.15) is 5.82 Å². The summed E-state index contributed by atoms with van der Waals surface area (Å²) in [7, 11) is 0. The zero-order valence-electron chi connectivity index (χ0n) is 14.7. The van der Waals surface area contributed by atoms with Gasteiger partial charge in [-0.3, -0.25) is 9.69 Å². The molecule has 0 bridgehead atoms. The molecule has 1 amide bonds. The van der Waals surface area contributed by atoms with Crippen molar-refractivity contribution in [3.05, 3.63) is 70.0 Å². The van der Waals surface area contributed by atoms with Crippen LogP contribution in [0.4, 0.5) is 4.39 Å². The molecule has 1 aliphatic heterocycles. The zero-order valence-corrected chi connectivity index (χ0v) is 15.5. The van der Waals surface area contributed by atoms with Crippen LogP contribution in [-0.4, -0.2) is 29.9 Å². The Kier molecular flexibility index (Phi) is 5.91. The highest BCUT2D eigenvalue weighted by Gasteiger charge is 2.35. The summed E-state index contributed by atoms with van der Waals surface area (Å²) in [5.41, 5.74) is 8.00. The average Bonchev–Trinajstić information content (AvgIpc) is 3.06. The number of rotatable bonds is 5. The summed E-state index contributed by atoms with van der Waals surface area (Å²) in [6.07, 6.45) is 0.815.